The standard InChI is InChI=1S/C9H16I2N2O/c1-9(2,11)4-5-13(12-8-10)6-7-14-3/h4-5,8H,6-7H2,1-3H3/b5-4+,12-8-. The molecule has 0 saturated carbocycles. The van der Waals surface area contributed by atoms with E-state index < -0.39 is 0 Å². The van der Waals surface area contributed by atoms with Gasteiger partial charge in [0.2, 0.25) is 0 Å². The average Bonchev–Trinajstić information content (AvgIpc) is 2.08. The Kier molecular flexibility index (Phi) is 8.22. The molecule has 0 heterocycles. The molecule has 0 fully saturated rings. The molecule has 0 unspecified atom stereocenters. The average molecular weight is 422 g/mol. The number of hydrogen-bond donors (Lipinski definition) is 0. The molecule has 0 spiro atoms. The molecule has 0 aliphatic rings. The maximum atomic E-state index is 5.00. The Hall–Kier alpha value is 0.630. The minimum absolute atomic E-state index is 0.157. The highest BCUT2D eigenvalue weighted by Crippen LogP contribution is 2.18. The second-order valence-corrected chi connectivity index (χ2v) is 6.59. The lowest BCUT2D eigenvalue weighted by atomic mass is 10.2. The van der Waals surface area contributed by atoms with Gasteiger partial charge in [-0.2, -0.15) is 5.10 Å². The first-order valence-corrected chi connectivity index (χ1v) is 6.58. The lowest BCUT2D eigenvalue weighted by Gasteiger charge is -2.15. The molecule has 0 aliphatic carbocycles. The molecule has 0 amide bonds. The first kappa shape index (κ1) is 14.6. The molecule has 0 aromatic heterocycles. The van der Waals surface area contributed by atoms with Gasteiger partial charge in [0.1, 0.15) is 0 Å². The maximum Gasteiger partial charge on any atom is 0.0857 e. The van der Waals surface area contributed by atoms with Gasteiger partial charge in [-0.3, -0.25) is 5.01 Å². The summed E-state index contributed by atoms with van der Waals surface area (Å²) in [7, 11) is 1.69. The topological polar surface area (TPSA) is 24.8 Å². The summed E-state index contributed by atoms with van der Waals surface area (Å²) in [6, 6.07) is 0. The molecule has 14 heavy (non-hydrogen) atoms. The van der Waals surface area contributed by atoms with E-state index in [2.05, 4.69) is 70.2 Å². The van der Waals surface area contributed by atoms with Crippen molar-refractivity contribution in [2.45, 2.75) is 17.3 Å². The monoisotopic (exact) mass is 422 g/mol. The normalized spacial score (nSPS) is 12.9. The van der Waals surface area contributed by atoms with E-state index in [0.29, 0.717) is 6.61 Å². The molecule has 0 bridgehead atoms. The summed E-state index contributed by atoms with van der Waals surface area (Å²) in [4.78, 5) is 0. The summed E-state index contributed by atoms with van der Waals surface area (Å²) in [6.45, 7) is 5.75. The van der Waals surface area contributed by atoms with Crippen LogP contribution in [-0.4, -0.2) is 32.9 Å². The number of alkyl halides is 1. The van der Waals surface area contributed by atoms with Crippen molar-refractivity contribution < 1.29 is 4.74 Å². The summed E-state index contributed by atoms with van der Waals surface area (Å²) >= 11 is 4.48. The van der Waals surface area contributed by atoms with Crippen LogP contribution in [0.2, 0.25) is 0 Å². The van der Waals surface area contributed by atoms with Crippen molar-refractivity contribution in [3.63, 3.8) is 0 Å². The Bertz CT molecular complexity index is 199. The molecule has 0 saturated heterocycles. The van der Waals surface area contributed by atoms with Gasteiger partial charge >= 0.3 is 0 Å². The number of hydrogen-bond acceptors (Lipinski definition) is 3. The Labute approximate surface area is 113 Å². The Balaban J connectivity index is 4.15. The number of methoxy groups -OCH3 is 1. The molecular formula is C9H16I2N2O. The number of ether oxygens (including phenoxy) is 1. The predicted octanol–water partition coefficient (Wildman–Crippen LogP) is 3.04. The second kappa shape index (κ2) is 7.86. The van der Waals surface area contributed by atoms with E-state index in [1.54, 1.807) is 11.3 Å². The summed E-state index contributed by atoms with van der Waals surface area (Å²) < 4.78 is 6.90. The smallest absolute Gasteiger partial charge is 0.0857 e. The number of nitrogens with zero attached hydrogens (tertiary/aromatic N) is 2. The molecule has 0 rings (SSSR count). The highest BCUT2D eigenvalue weighted by atomic mass is 127. The molecule has 0 aromatic rings. The fourth-order valence-corrected chi connectivity index (χ4v) is 1.16. The van der Waals surface area contributed by atoms with Crippen molar-refractivity contribution in [1.29, 1.82) is 0 Å². The minimum Gasteiger partial charge on any atom is -0.383 e. The zero-order valence-corrected chi connectivity index (χ0v) is 13.0. The number of rotatable bonds is 6. The van der Waals surface area contributed by atoms with Crippen LogP contribution < -0.4 is 0 Å². The summed E-state index contributed by atoms with van der Waals surface area (Å²) in [5, 5.41) is 6.06. The van der Waals surface area contributed by atoms with E-state index in [1.165, 1.54) is 0 Å². The van der Waals surface area contributed by atoms with E-state index >= 15 is 0 Å². The van der Waals surface area contributed by atoms with Gasteiger partial charge in [0.25, 0.3) is 0 Å². The lowest BCUT2D eigenvalue weighted by molar-refractivity contribution is 0.171. The first-order valence-electron chi connectivity index (χ1n) is 4.26. The first-order chi connectivity index (χ1) is 6.49. The van der Waals surface area contributed by atoms with Crippen LogP contribution >= 0.6 is 45.2 Å². The largest absolute Gasteiger partial charge is 0.383 e. The highest BCUT2D eigenvalue weighted by molar-refractivity contribution is 14.1. The van der Waals surface area contributed by atoms with E-state index in [1.807, 2.05) is 11.2 Å². The van der Waals surface area contributed by atoms with Gasteiger partial charge in [-0.25, -0.2) is 0 Å². The number of hydrazone groups is 1. The van der Waals surface area contributed by atoms with Crippen LogP contribution in [0, 0.1) is 0 Å². The van der Waals surface area contributed by atoms with E-state index in [-0.39, 0.29) is 3.42 Å². The SMILES string of the molecule is COCCN(/C=C/C(C)(C)I)/N=C\I. The minimum atomic E-state index is 0.157. The second-order valence-electron chi connectivity index (χ2n) is 3.25. The van der Waals surface area contributed by atoms with E-state index in [4.69, 9.17) is 4.74 Å². The Morgan fingerprint density at radius 2 is 2.14 bits per heavy atom. The van der Waals surface area contributed by atoms with Gasteiger partial charge in [0.05, 0.1) is 17.4 Å². The lowest BCUT2D eigenvalue weighted by Crippen LogP contribution is -2.17. The quantitative estimate of drug-likeness (QED) is 0.285. The van der Waals surface area contributed by atoms with Gasteiger partial charge in [0.15, 0.2) is 0 Å². The van der Waals surface area contributed by atoms with Crippen LogP contribution in [0.3, 0.4) is 0 Å². The van der Waals surface area contributed by atoms with Gasteiger partial charge in [-0.05, 0) is 36.4 Å². The van der Waals surface area contributed by atoms with Crippen LogP contribution in [0.25, 0.3) is 0 Å². The summed E-state index contributed by atoms with van der Waals surface area (Å²) in [5.41, 5.74) is 0. The van der Waals surface area contributed by atoms with Crippen LogP contribution in [0.15, 0.2) is 17.4 Å². The third kappa shape index (κ3) is 9.20. The van der Waals surface area contributed by atoms with Gasteiger partial charge in [0, 0.05) is 16.7 Å². The van der Waals surface area contributed by atoms with Gasteiger partial charge in [-0.15, -0.1) is 0 Å². The molecule has 5 heteroatoms. The molecule has 0 atom stereocenters. The maximum absolute atomic E-state index is 5.00. The molecule has 0 aromatic carbocycles. The zero-order chi connectivity index (χ0) is 11.0. The van der Waals surface area contributed by atoms with Gasteiger partial charge in [-0.1, -0.05) is 28.7 Å². The number of halogens is 2. The predicted molar refractivity (Wildman–Crippen MR) is 78.3 cm³/mol. The molecule has 82 valence electrons. The van der Waals surface area contributed by atoms with Gasteiger partial charge < -0.3 is 4.74 Å². The van der Waals surface area contributed by atoms with E-state index in [9.17, 15) is 0 Å². The van der Waals surface area contributed by atoms with Crippen LogP contribution in [0.1, 0.15) is 13.8 Å². The van der Waals surface area contributed by atoms with E-state index in [0.717, 1.165) is 6.54 Å². The third-order valence-corrected chi connectivity index (χ3v) is 1.97. The van der Waals surface area contributed by atoms with Crippen LogP contribution in [0.5, 0.6) is 0 Å². The molecule has 0 aliphatic heterocycles. The van der Waals surface area contributed by atoms with Crippen molar-refractivity contribution in [3.05, 3.63) is 12.3 Å². The molecule has 0 N–H and O–H groups in total. The fourth-order valence-electron chi connectivity index (χ4n) is 0.675. The third-order valence-electron chi connectivity index (χ3n) is 1.36. The molecule has 0 radical (unpaired) electrons. The zero-order valence-electron chi connectivity index (χ0n) is 8.70. The summed E-state index contributed by atoms with van der Waals surface area (Å²) in [6.07, 6.45) is 4.10. The Morgan fingerprint density at radius 3 is 2.57 bits per heavy atom. The van der Waals surface area contributed by atoms with Crippen molar-refractivity contribution in [2.24, 2.45) is 5.10 Å². The molecular weight excluding hydrogens is 406 g/mol. The molecule has 3 nitrogen and oxygen atoms in total. The highest BCUT2D eigenvalue weighted by Gasteiger charge is 2.07. The van der Waals surface area contributed by atoms with Crippen molar-refractivity contribution in [3.8, 4) is 0 Å². The Morgan fingerprint density at radius 1 is 1.50 bits per heavy atom. The van der Waals surface area contributed by atoms with Crippen molar-refractivity contribution in [2.75, 3.05) is 20.3 Å². The van der Waals surface area contributed by atoms with Crippen molar-refractivity contribution >= 4 is 49.4 Å². The number of allylic oxidation sites excluding steroid dienone is 1. The fraction of sp³-hybridized carbons (Fsp3) is 0.667. The summed E-state index contributed by atoms with van der Waals surface area (Å²) in [5.74, 6) is 0. The van der Waals surface area contributed by atoms with Crippen LogP contribution in [0.4, 0.5) is 0 Å². The van der Waals surface area contributed by atoms with Crippen molar-refractivity contribution in [1.82, 2.24) is 5.01 Å². The van der Waals surface area contributed by atoms with Crippen LogP contribution in [-0.2, 0) is 4.74 Å².